The van der Waals surface area contributed by atoms with Gasteiger partial charge in [-0.25, -0.2) is 9.97 Å². The summed E-state index contributed by atoms with van der Waals surface area (Å²) in [5.41, 5.74) is 12.5. The quantitative estimate of drug-likeness (QED) is 0.0454. The number of unbranched alkanes of at least 4 members (excludes halogenated alkanes) is 9. The van der Waals surface area contributed by atoms with Crippen LogP contribution in [0.2, 0.25) is 0 Å². The number of nitrogens with zero attached hydrogens (tertiary/aromatic N) is 3. The molecule has 0 spiro atoms. The molecule has 0 radical (unpaired) electrons. The van der Waals surface area contributed by atoms with Crippen LogP contribution in [0.3, 0.4) is 0 Å². The molecule has 1 N–H and O–H groups in total. The largest absolute Gasteiger partial charge is 0.490 e. The van der Waals surface area contributed by atoms with Gasteiger partial charge in [0, 0.05) is 33.3 Å². The van der Waals surface area contributed by atoms with Gasteiger partial charge < -0.3 is 23.8 Å². The van der Waals surface area contributed by atoms with E-state index >= 15 is 0 Å². The molecule has 0 amide bonds. The van der Waals surface area contributed by atoms with Crippen LogP contribution in [0, 0.1) is 0 Å². The first-order valence-corrected chi connectivity index (χ1v) is 29.4. The van der Waals surface area contributed by atoms with E-state index in [4.69, 9.17) is 24.2 Å². The van der Waals surface area contributed by atoms with Crippen molar-refractivity contribution in [1.82, 2.24) is 19.5 Å². The third kappa shape index (κ3) is 14.7. The molecule has 75 heavy (non-hydrogen) atoms. The number of ether oxygens (including phenoxy) is 3. The van der Waals surface area contributed by atoms with Crippen LogP contribution in [0.1, 0.15) is 199 Å². The predicted octanol–water partition coefficient (Wildman–Crippen LogP) is 20.0. The van der Waals surface area contributed by atoms with Gasteiger partial charge in [-0.15, -0.1) is 0 Å². The van der Waals surface area contributed by atoms with Crippen molar-refractivity contribution in [2.75, 3.05) is 0 Å². The number of rotatable bonds is 30. The van der Waals surface area contributed by atoms with Crippen LogP contribution in [0.4, 0.5) is 0 Å². The summed E-state index contributed by atoms with van der Waals surface area (Å²) in [5.74, 6) is 2.61. The van der Waals surface area contributed by atoms with E-state index in [-0.39, 0.29) is 18.3 Å². The van der Waals surface area contributed by atoms with Crippen molar-refractivity contribution in [3.05, 3.63) is 132 Å². The van der Waals surface area contributed by atoms with Crippen molar-refractivity contribution in [2.24, 2.45) is 0 Å². The molecule has 8 bridgehead atoms. The van der Waals surface area contributed by atoms with Crippen molar-refractivity contribution >= 4 is 46.4 Å². The van der Waals surface area contributed by atoms with Crippen molar-refractivity contribution in [2.45, 2.75) is 195 Å². The molecule has 7 heteroatoms. The maximum absolute atomic E-state index is 7.38. The van der Waals surface area contributed by atoms with E-state index in [9.17, 15) is 0 Å². The third-order valence-electron chi connectivity index (χ3n) is 14.8. The SMILES string of the molecule is CCCCCCC(CCC)Oc1ccccc1-c1c(-c2ccccc2OC(CCC)CCCCCC)c2cc3nc(cc4ccc(cc5nc(cc1n2-c1ccccc1OC(CCC)CCCCCC)C=C5)[nH]4)C=C3. The van der Waals surface area contributed by atoms with Crippen LogP contribution in [0.25, 0.3) is 74.3 Å². The van der Waals surface area contributed by atoms with Gasteiger partial charge in [0.05, 0.1) is 57.8 Å². The van der Waals surface area contributed by atoms with Crippen molar-refractivity contribution in [1.29, 1.82) is 0 Å². The van der Waals surface area contributed by atoms with Crippen LogP contribution in [-0.2, 0) is 0 Å². The molecule has 3 atom stereocenters. The zero-order chi connectivity index (χ0) is 52.2. The first-order valence-electron chi connectivity index (χ1n) is 29.4. The van der Waals surface area contributed by atoms with Gasteiger partial charge in [-0.2, -0.15) is 0 Å². The Balaban J connectivity index is 1.50. The Hall–Kier alpha value is -6.34. The van der Waals surface area contributed by atoms with E-state index in [2.05, 4.69) is 185 Å². The minimum atomic E-state index is 0.0778. The average molecular weight is 1010 g/mol. The molecule has 5 heterocycles. The number of aromatic nitrogens is 4. The van der Waals surface area contributed by atoms with Crippen LogP contribution >= 0.6 is 0 Å². The highest BCUT2D eigenvalue weighted by atomic mass is 16.5. The number of H-pyrrole nitrogens is 1. The molecule has 3 aromatic carbocycles. The highest BCUT2D eigenvalue weighted by Gasteiger charge is 2.28. The van der Waals surface area contributed by atoms with Gasteiger partial charge >= 0.3 is 0 Å². The molecule has 7 nitrogen and oxygen atoms in total. The maximum atomic E-state index is 7.38. The fraction of sp³-hybridized carbons (Fsp3) is 0.441. The monoisotopic (exact) mass is 1010 g/mol. The molecule has 8 rings (SSSR count). The minimum absolute atomic E-state index is 0.0778. The first kappa shape index (κ1) is 54.9. The molecule has 0 aliphatic carbocycles. The van der Waals surface area contributed by atoms with Gasteiger partial charge in [-0.3, -0.25) is 0 Å². The highest BCUT2D eigenvalue weighted by Crippen LogP contribution is 2.50. The van der Waals surface area contributed by atoms with Crippen LogP contribution in [0.5, 0.6) is 17.2 Å². The molecule has 0 saturated carbocycles. The van der Waals surface area contributed by atoms with E-state index in [0.717, 1.165) is 167 Å². The maximum Gasteiger partial charge on any atom is 0.143 e. The second-order valence-electron chi connectivity index (χ2n) is 21.0. The summed E-state index contributed by atoms with van der Waals surface area (Å²) < 4.78 is 24.6. The lowest BCUT2D eigenvalue weighted by molar-refractivity contribution is 0.175. The topological polar surface area (TPSA) is 74.2 Å². The van der Waals surface area contributed by atoms with Gasteiger partial charge in [-0.1, -0.05) is 167 Å². The Labute approximate surface area is 449 Å². The summed E-state index contributed by atoms with van der Waals surface area (Å²) in [6, 6.07) is 39.2. The van der Waals surface area contributed by atoms with Crippen molar-refractivity contribution in [3.8, 4) is 45.2 Å². The number of hydrogen-bond acceptors (Lipinski definition) is 5. The summed E-state index contributed by atoms with van der Waals surface area (Å²) in [4.78, 5) is 14.2. The van der Waals surface area contributed by atoms with Crippen LogP contribution in [-0.4, -0.2) is 37.8 Å². The summed E-state index contributed by atoms with van der Waals surface area (Å²) in [5, 5.41) is 0. The molecular formula is C68H86N4O3. The van der Waals surface area contributed by atoms with E-state index in [1.165, 1.54) is 57.8 Å². The fourth-order valence-electron chi connectivity index (χ4n) is 11.0. The summed E-state index contributed by atoms with van der Waals surface area (Å²) in [6.45, 7) is 13.7. The molecule has 3 aromatic heterocycles. The van der Waals surface area contributed by atoms with Gasteiger partial charge in [0.15, 0.2) is 0 Å². The molecule has 2 aliphatic rings. The second kappa shape index (κ2) is 28.5. The zero-order valence-electron chi connectivity index (χ0n) is 46.3. The first-order chi connectivity index (χ1) is 36.9. The Bertz CT molecular complexity index is 2810. The lowest BCUT2D eigenvalue weighted by atomic mass is 9.94. The summed E-state index contributed by atoms with van der Waals surface area (Å²) in [7, 11) is 0. The Morgan fingerprint density at radius 3 is 1.17 bits per heavy atom. The predicted molar refractivity (Wildman–Crippen MR) is 319 cm³/mol. The lowest BCUT2D eigenvalue weighted by Crippen LogP contribution is -2.17. The average Bonchev–Trinajstić information content (AvgIpc) is 4.25. The standard InChI is InChI=1S/C68H86N4O3/c1-7-13-16-19-31-56(28-10-4)73-64-37-25-22-34-59(64)67-62-48-54-44-42-52(70-54)46-50-40-41-51(69-50)47-53-43-45-55(71-53)49-63(68(67)60-35-23-26-38-65(60)74-57(29-11-5)32-20-17-14-8-2)72(62)61-36-24-27-39-66(61)75-58(30-12-6)33-21-18-15-9-3/h22-27,34-49,56-58,69H,7-21,28-33H2,1-6H3. The Morgan fingerprint density at radius 1 is 0.387 bits per heavy atom. The van der Waals surface area contributed by atoms with E-state index in [1.54, 1.807) is 0 Å². The van der Waals surface area contributed by atoms with E-state index in [0.29, 0.717) is 0 Å². The molecule has 6 aromatic rings. The fourth-order valence-corrected chi connectivity index (χ4v) is 11.0. The number of para-hydroxylation sites is 4. The normalized spacial score (nSPS) is 13.3. The number of benzene rings is 3. The number of aromatic amines is 1. The molecular weight excluding hydrogens is 921 g/mol. The highest BCUT2D eigenvalue weighted by molar-refractivity contribution is 6.07. The van der Waals surface area contributed by atoms with E-state index < -0.39 is 0 Å². The number of fused-ring (bicyclic) bond motifs is 8. The Kier molecular flexibility index (Phi) is 20.9. The van der Waals surface area contributed by atoms with Gasteiger partial charge in [0.1, 0.15) is 17.2 Å². The third-order valence-corrected chi connectivity index (χ3v) is 14.8. The Morgan fingerprint density at radius 2 is 0.760 bits per heavy atom. The zero-order valence-corrected chi connectivity index (χ0v) is 46.3. The van der Waals surface area contributed by atoms with Gasteiger partial charge in [0.2, 0.25) is 0 Å². The van der Waals surface area contributed by atoms with Gasteiger partial charge in [-0.05, 0) is 143 Å². The summed E-state index contributed by atoms with van der Waals surface area (Å²) >= 11 is 0. The lowest BCUT2D eigenvalue weighted by Gasteiger charge is -2.23. The number of nitrogens with one attached hydrogen (secondary N) is 1. The number of hydrogen-bond donors (Lipinski definition) is 1. The van der Waals surface area contributed by atoms with Gasteiger partial charge in [0.25, 0.3) is 0 Å². The van der Waals surface area contributed by atoms with Crippen molar-refractivity contribution in [3.63, 3.8) is 0 Å². The second-order valence-corrected chi connectivity index (χ2v) is 21.0. The van der Waals surface area contributed by atoms with E-state index in [1.807, 2.05) is 0 Å². The molecule has 2 aliphatic heterocycles. The van der Waals surface area contributed by atoms with Crippen molar-refractivity contribution < 1.29 is 14.2 Å². The molecule has 396 valence electrons. The molecule has 0 fully saturated rings. The van der Waals surface area contributed by atoms with Crippen LogP contribution in [0.15, 0.2) is 109 Å². The van der Waals surface area contributed by atoms with Crippen LogP contribution < -0.4 is 14.2 Å². The minimum Gasteiger partial charge on any atom is -0.490 e. The smallest absolute Gasteiger partial charge is 0.143 e. The molecule has 3 unspecified atom stereocenters. The summed E-state index contributed by atoms with van der Waals surface area (Å²) in [6.07, 6.45) is 32.4. The molecule has 0 saturated heterocycles.